The van der Waals surface area contributed by atoms with Crippen molar-refractivity contribution in [3.8, 4) is 0 Å². The van der Waals surface area contributed by atoms with E-state index >= 15 is 0 Å². The number of esters is 1. The van der Waals surface area contributed by atoms with E-state index in [0.717, 1.165) is 6.07 Å². The number of H-pyrrole nitrogens is 1. The summed E-state index contributed by atoms with van der Waals surface area (Å²) in [6.45, 7) is 1.95. The van der Waals surface area contributed by atoms with Gasteiger partial charge in [-0.2, -0.15) is 0 Å². The van der Waals surface area contributed by atoms with Crippen molar-refractivity contribution in [1.82, 2.24) is 19.9 Å². The van der Waals surface area contributed by atoms with Gasteiger partial charge in [-0.3, -0.25) is 19.1 Å². The van der Waals surface area contributed by atoms with E-state index in [0.29, 0.717) is 0 Å². The Balaban J connectivity index is 0. The zero-order valence-electron chi connectivity index (χ0n) is 16.3. The molecule has 0 spiro atoms. The Hall–Kier alpha value is -1.72. The number of hydrogen-bond acceptors (Lipinski definition) is 10. The maximum Gasteiger partial charge on any atom is 0.339 e. The molecule has 168 valence electrons. The van der Waals surface area contributed by atoms with Gasteiger partial charge >= 0.3 is 11.2 Å². The largest absolute Gasteiger partial charge is 0.466 e. The molecule has 0 amide bonds. The third-order valence-electron chi connectivity index (χ3n) is 2.14. The van der Waals surface area contributed by atoms with Crippen LogP contribution in [-0.4, -0.2) is 61.7 Å². The Morgan fingerprint density at radius 1 is 1.12 bits per heavy atom. The number of nitrogens with two attached hydrogens (primary N) is 2. The van der Waals surface area contributed by atoms with Crippen molar-refractivity contribution in [2.45, 2.75) is 13.3 Å². The lowest BCUT2D eigenvalue weighted by molar-refractivity contribution is -0.144. The van der Waals surface area contributed by atoms with Crippen LogP contribution in [0.1, 0.15) is 13.3 Å². The highest BCUT2D eigenvalue weighted by Crippen LogP contribution is 2.61. The van der Waals surface area contributed by atoms with E-state index in [2.05, 4.69) is 66.2 Å². The molecule has 11 nitrogen and oxygen atoms in total. The van der Waals surface area contributed by atoms with E-state index in [9.17, 15) is 18.9 Å². The van der Waals surface area contributed by atoms with Crippen LogP contribution in [0.5, 0.6) is 0 Å². The van der Waals surface area contributed by atoms with Crippen LogP contribution in [0.2, 0.25) is 5.15 Å². The van der Waals surface area contributed by atoms with Crippen LogP contribution in [0.4, 0.5) is 11.9 Å². The maximum atomic E-state index is 10.5. The highest BCUT2D eigenvalue weighted by Gasteiger charge is 2.03. The summed E-state index contributed by atoms with van der Waals surface area (Å²) in [6, 6.07) is 2.59. The number of rotatable bonds is 3. The first-order valence-corrected chi connectivity index (χ1v) is 12.6. The number of halogens is 4. The molecule has 2 aromatic rings. The first-order chi connectivity index (χ1) is 14.5. The number of hydrogen-bond donors (Lipinski definition) is 3. The monoisotopic (exact) mass is 538 g/mol. The number of aromatic amines is 1. The molecule has 0 saturated carbocycles. The van der Waals surface area contributed by atoms with Crippen molar-refractivity contribution < 1.29 is 18.9 Å². The number of aromatic nitrogens is 4. The van der Waals surface area contributed by atoms with E-state index in [1.807, 2.05) is 0 Å². The number of anilines is 2. The lowest BCUT2D eigenvalue weighted by atomic mass is 10.0. The fourth-order valence-electron chi connectivity index (χ4n) is 1.30. The third-order valence-corrected chi connectivity index (χ3v) is 2.33. The Kier molecular flexibility index (Phi) is 17.1. The van der Waals surface area contributed by atoms with Crippen LogP contribution >= 0.6 is 50.5 Å². The van der Waals surface area contributed by atoms with Gasteiger partial charge < -0.3 is 21.0 Å². The number of nitrogens with zero attached hydrogens (tertiary/aromatic N) is 3. The molecule has 2 aromatic heterocycles. The highest BCUT2D eigenvalue weighted by molar-refractivity contribution is 8.24. The summed E-state index contributed by atoms with van der Waals surface area (Å²) in [7, 11) is 15.1. The molecule has 0 unspecified atom stereocenters. The lowest BCUT2D eigenvalue weighted by Gasteiger charge is -1.96. The standard InChI is InChI=1S/C5H7BO3.C4H3BClN3.C4H4BN3O.Cl3OP/c1-2-9-5(8)3-4(6)7;5-2-1-3(6)9-4(7)8-2;5-2-1-3(9)8-4(6)7-2;1-5(2,3)4/h2-3H2,1H3;1H,(H2,7,8,9);1H,(H3,6,7,8,9);. The molecule has 5 N–H and O–H groups in total. The van der Waals surface area contributed by atoms with Gasteiger partial charge in [0.05, 0.1) is 18.7 Å². The maximum absolute atomic E-state index is 10.5. The second-order valence-electron chi connectivity index (χ2n) is 4.88. The molecule has 6 radical (unpaired) electrons. The molecule has 0 saturated heterocycles. The minimum atomic E-state index is -3.22. The van der Waals surface area contributed by atoms with Crippen LogP contribution in [0, 0.1) is 0 Å². The lowest BCUT2D eigenvalue weighted by Crippen LogP contribution is -2.20. The molecule has 0 aliphatic rings. The Bertz CT molecular complexity index is 915. The number of nitrogen functional groups attached to an aromatic ring is 2. The molecule has 2 heterocycles. The molecule has 0 aliphatic carbocycles. The van der Waals surface area contributed by atoms with Gasteiger partial charge in [0.1, 0.15) is 20.8 Å². The van der Waals surface area contributed by atoms with Crippen molar-refractivity contribution in [2.24, 2.45) is 0 Å². The number of carbonyl (C=O) groups excluding carboxylic acids is 2. The molecule has 0 bridgehead atoms. The zero-order valence-corrected chi connectivity index (χ0v) is 20.2. The first-order valence-electron chi connectivity index (χ1n) is 7.84. The van der Waals surface area contributed by atoms with Crippen LogP contribution < -0.4 is 28.2 Å². The summed E-state index contributed by atoms with van der Waals surface area (Å²) in [4.78, 5) is 43.7. The number of carbonyl (C=O) groups is 2. The smallest absolute Gasteiger partial charge is 0.339 e. The molecule has 2 rings (SSSR count). The van der Waals surface area contributed by atoms with Gasteiger partial charge in [0.25, 0.3) is 5.56 Å². The summed E-state index contributed by atoms with van der Waals surface area (Å²) in [5.74, 6) is -0.426. The van der Waals surface area contributed by atoms with Gasteiger partial charge in [-0.05, 0) is 57.9 Å². The van der Waals surface area contributed by atoms with Crippen molar-refractivity contribution in [1.29, 1.82) is 0 Å². The van der Waals surface area contributed by atoms with Gasteiger partial charge in [0.2, 0.25) is 5.95 Å². The van der Waals surface area contributed by atoms with Crippen LogP contribution in [0.15, 0.2) is 16.9 Å². The van der Waals surface area contributed by atoms with Crippen LogP contribution in [0.3, 0.4) is 0 Å². The van der Waals surface area contributed by atoms with Crippen molar-refractivity contribution in [3.05, 3.63) is 27.6 Å². The van der Waals surface area contributed by atoms with Crippen molar-refractivity contribution in [2.75, 3.05) is 18.1 Å². The Labute approximate surface area is 206 Å². The highest BCUT2D eigenvalue weighted by atomic mass is 36.0. The zero-order chi connectivity index (χ0) is 25.5. The minimum Gasteiger partial charge on any atom is -0.466 e. The Morgan fingerprint density at radius 2 is 1.62 bits per heavy atom. The van der Waals surface area contributed by atoms with E-state index in [4.69, 9.17) is 38.8 Å². The average Bonchev–Trinajstić information content (AvgIpc) is 2.50. The van der Waals surface area contributed by atoms with Crippen molar-refractivity contribution in [3.63, 3.8) is 0 Å². The van der Waals surface area contributed by atoms with E-state index < -0.39 is 16.9 Å². The summed E-state index contributed by atoms with van der Waals surface area (Å²) >= 11 is 19.3. The first kappa shape index (κ1) is 32.5. The predicted molar refractivity (Wildman–Crippen MR) is 129 cm³/mol. The van der Waals surface area contributed by atoms with E-state index in [1.165, 1.54) is 6.07 Å². The van der Waals surface area contributed by atoms with E-state index in [1.54, 1.807) is 6.92 Å². The fourth-order valence-corrected chi connectivity index (χ4v) is 1.50. The molecule has 0 aromatic carbocycles. The second kappa shape index (κ2) is 16.9. The summed E-state index contributed by atoms with van der Waals surface area (Å²) < 4.78 is 13.9. The van der Waals surface area contributed by atoms with E-state index in [-0.39, 0.29) is 46.8 Å². The van der Waals surface area contributed by atoms with Gasteiger partial charge in [-0.15, -0.1) is 0 Å². The topological polar surface area (TPSA) is 184 Å². The van der Waals surface area contributed by atoms with Crippen molar-refractivity contribution >= 4 is 109 Å². The molecule has 0 atom stereocenters. The Morgan fingerprint density at radius 3 is 1.97 bits per heavy atom. The number of nitrogens with one attached hydrogen (secondary N) is 1. The van der Waals surface area contributed by atoms with Gasteiger partial charge in [0, 0.05) is 6.07 Å². The minimum absolute atomic E-state index is 0.0417. The third kappa shape index (κ3) is 24.6. The van der Waals surface area contributed by atoms with Gasteiger partial charge in [-0.25, -0.2) is 15.0 Å². The number of ether oxygens (including phenoxy) is 1. The fraction of sp³-hybridized carbons (Fsp3) is 0.231. The molecule has 0 aliphatic heterocycles. The summed E-state index contributed by atoms with van der Waals surface area (Å²) in [5, 5.41) is -2.96. The van der Waals surface area contributed by atoms with Gasteiger partial charge in [0.15, 0.2) is 13.8 Å². The molecule has 32 heavy (non-hydrogen) atoms. The van der Waals surface area contributed by atoms with Gasteiger partial charge in [-0.1, -0.05) is 11.6 Å². The molecule has 0 fully saturated rings. The SMILES string of the molecule is O=P(Cl)(Cl)Cl.[B]C(=O)CC(=O)OCC.[B]c1cc(=O)[nH]c(N)n1.[B]c1cc(Cl)nc(N)n1. The van der Waals surface area contributed by atoms with Crippen LogP contribution in [0.25, 0.3) is 0 Å². The summed E-state index contributed by atoms with van der Waals surface area (Å²) in [5.41, 5.74) is 9.71. The predicted octanol–water partition coefficient (Wildman–Crippen LogP) is 0.0975. The normalized spacial score (nSPS) is 9.53. The molecular weight excluding hydrogens is 525 g/mol. The average molecular weight is 540 g/mol. The molecule has 19 heteroatoms. The molecular formula is C13H14B3Cl4N6O5P. The quantitative estimate of drug-likeness (QED) is 0.159. The summed E-state index contributed by atoms with van der Waals surface area (Å²) in [6.07, 6.45) is -0.326. The van der Waals surface area contributed by atoms with Crippen LogP contribution in [-0.2, 0) is 18.9 Å². The second-order valence-corrected chi connectivity index (χ2v) is 11.9.